The molecule has 0 fully saturated rings. The molecular weight excluding hydrogens is 660 g/mol. The molecule has 0 saturated heterocycles. The number of benzene rings is 4. The Hall–Kier alpha value is -7.09. The van der Waals surface area contributed by atoms with Crippen molar-refractivity contribution in [1.29, 1.82) is 5.41 Å². The maximum atomic E-state index is 12.2. The number of carbonyl (C=O) groups excluding carboxylic acids is 2. The van der Waals surface area contributed by atoms with Crippen molar-refractivity contribution in [1.82, 2.24) is 30.3 Å². The fourth-order valence-electron chi connectivity index (χ4n) is 6.46. The van der Waals surface area contributed by atoms with E-state index < -0.39 is 0 Å². The second kappa shape index (κ2) is 14.4. The summed E-state index contributed by atoms with van der Waals surface area (Å²) in [7, 11) is 1.98. The van der Waals surface area contributed by atoms with Gasteiger partial charge in [0, 0.05) is 72.9 Å². The molecule has 4 amide bonds. The van der Waals surface area contributed by atoms with E-state index in [9.17, 15) is 14.7 Å². The Morgan fingerprint density at radius 3 is 2.44 bits per heavy atom. The van der Waals surface area contributed by atoms with Crippen LogP contribution in [0.4, 0.5) is 21.3 Å². The lowest BCUT2D eigenvalue weighted by Crippen LogP contribution is -2.35. The highest BCUT2D eigenvalue weighted by molar-refractivity contribution is 5.91. The number of aryl methyl sites for hydroxylation is 1. The number of carbonyl (C=O) groups is 2. The fourth-order valence-corrected chi connectivity index (χ4v) is 6.46. The number of nitrogens with one attached hydrogen (secondary N) is 6. The van der Waals surface area contributed by atoms with Crippen molar-refractivity contribution in [3.63, 3.8) is 0 Å². The molecule has 0 radical (unpaired) electrons. The highest BCUT2D eigenvalue weighted by Crippen LogP contribution is 2.40. The second-order valence-corrected chi connectivity index (χ2v) is 12.1. The topological polar surface area (TPSA) is 187 Å². The average Bonchev–Trinajstić information content (AvgIpc) is 3.79. The zero-order valence-corrected chi connectivity index (χ0v) is 28.1. The van der Waals surface area contributed by atoms with E-state index in [1.54, 1.807) is 24.4 Å². The number of anilines is 2. The number of fused-ring (bicyclic) bond motifs is 5. The SMILES string of the molecule is C=N/C=C1\NC(CNC(=O)Nc2nc3ccccc3o2)c2ccccc21.Cn1cc2n1C(CNC(=O)Nc1ccc(C=N)c(O)c1)c1ccccc1-2.[HH].[HH].[HH].[HH]. The lowest BCUT2D eigenvalue weighted by molar-refractivity contribution is 0.249. The first-order valence-electron chi connectivity index (χ1n) is 16.5. The summed E-state index contributed by atoms with van der Waals surface area (Å²) >= 11 is 0. The molecule has 0 aliphatic carbocycles. The maximum absolute atomic E-state index is 12.2. The van der Waals surface area contributed by atoms with E-state index in [-0.39, 0.29) is 41.6 Å². The van der Waals surface area contributed by atoms with Gasteiger partial charge in [0.2, 0.25) is 0 Å². The van der Waals surface area contributed by atoms with Crippen LogP contribution in [0, 0.1) is 5.41 Å². The van der Waals surface area contributed by atoms with E-state index in [0.29, 0.717) is 35.4 Å². The van der Waals surface area contributed by atoms with Gasteiger partial charge >= 0.3 is 18.1 Å². The van der Waals surface area contributed by atoms with Crippen LogP contribution in [0.2, 0.25) is 0 Å². The molecule has 0 spiro atoms. The quantitative estimate of drug-likeness (QED) is 0.0821. The molecule has 7 N–H and O–H groups in total. The number of aromatic hydroxyl groups is 1. The summed E-state index contributed by atoms with van der Waals surface area (Å²) in [6.45, 7) is 4.35. The molecule has 4 heterocycles. The minimum Gasteiger partial charge on any atom is -0.507 e. The molecule has 52 heavy (non-hydrogen) atoms. The van der Waals surface area contributed by atoms with Gasteiger partial charge in [0.1, 0.15) is 11.3 Å². The molecule has 6 aromatic rings. The number of phenols is 1. The van der Waals surface area contributed by atoms with Gasteiger partial charge in [-0.2, -0.15) is 4.98 Å². The van der Waals surface area contributed by atoms with Crippen molar-refractivity contribution in [2.75, 3.05) is 23.7 Å². The normalized spacial score (nSPS) is 15.8. The minimum absolute atomic E-state index is 0. The molecule has 270 valence electrons. The largest absolute Gasteiger partial charge is 0.507 e. The van der Waals surface area contributed by atoms with Gasteiger partial charge in [-0.1, -0.05) is 60.7 Å². The number of hydrogen-bond donors (Lipinski definition) is 7. The summed E-state index contributed by atoms with van der Waals surface area (Å²) in [5, 5.41) is 31.3. The van der Waals surface area contributed by atoms with Gasteiger partial charge in [0.25, 0.3) is 0 Å². The number of nitrogens with zero attached hydrogens (tertiary/aromatic N) is 4. The van der Waals surface area contributed by atoms with E-state index >= 15 is 0 Å². The summed E-state index contributed by atoms with van der Waals surface area (Å²) in [5.41, 5.74) is 8.81. The number of amides is 4. The van der Waals surface area contributed by atoms with Crippen LogP contribution in [0.5, 0.6) is 5.75 Å². The molecule has 8 rings (SSSR count). The Kier molecular flexibility index (Phi) is 9.26. The number of para-hydroxylation sites is 2. The Labute approximate surface area is 304 Å². The van der Waals surface area contributed by atoms with Crippen LogP contribution >= 0.6 is 0 Å². The molecule has 0 saturated carbocycles. The van der Waals surface area contributed by atoms with Gasteiger partial charge in [0.05, 0.1) is 23.5 Å². The maximum Gasteiger partial charge on any atom is 0.322 e. The number of oxazole rings is 1. The number of urea groups is 2. The third-order valence-electron chi connectivity index (χ3n) is 8.84. The summed E-state index contributed by atoms with van der Waals surface area (Å²) in [6, 6.07) is 27.6. The first-order valence-corrected chi connectivity index (χ1v) is 16.5. The standard InChI is InChI=1S/C19H17N5O2.C19H19N5O2.4H2/c1-20-10-15-12-6-2-3-7-13(12)16(22-15)11-21-18(25)24-19-23-14-8-4-5-9-17(14)26-19;1-23-11-17-15-5-3-2-4-14(15)16(24(17)23)10-21-19(26)22-13-7-6-12(9-20)18(25)8-13;;;;/h2-10,16,22H,1,11H2,(H2,21,23,24,25);2-9,11,16,20,25H,10H2,1H3,(H2,21,22,26);4*1H/b15-10-;;;;;. The molecule has 2 aromatic heterocycles. The average molecular weight is 705 g/mol. The van der Waals surface area contributed by atoms with Gasteiger partial charge in [0.15, 0.2) is 5.58 Å². The van der Waals surface area contributed by atoms with Crippen LogP contribution in [0.25, 0.3) is 28.1 Å². The Balaban J connectivity index is 0.000000280. The van der Waals surface area contributed by atoms with Crippen LogP contribution in [-0.4, -0.2) is 57.5 Å². The Bertz CT molecular complexity index is 2320. The lowest BCUT2D eigenvalue weighted by atomic mass is 10.0. The fraction of sp³-hybridized carbons (Fsp3) is 0.132. The first kappa shape index (κ1) is 33.4. The molecule has 0 bridgehead atoms. The van der Waals surface area contributed by atoms with Crippen molar-refractivity contribution in [3.8, 4) is 17.0 Å². The van der Waals surface area contributed by atoms with E-state index in [1.807, 2.05) is 66.3 Å². The van der Waals surface area contributed by atoms with Crippen molar-refractivity contribution in [3.05, 3.63) is 126 Å². The number of phenolic OH excluding ortho intramolecular Hbond substituents is 1. The number of aliphatic imine (C=N–C) groups is 1. The van der Waals surface area contributed by atoms with Crippen molar-refractivity contribution in [2.24, 2.45) is 12.0 Å². The third kappa shape index (κ3) is 6.72. The molecule has 2 aliphatic heterocycles. The lowest BCUT2D eigenvalue weighted by Gasteiger charge is -2.24. The smallest absolute Gasteiger partial charge is 0.322 e. The van der Waals surface area contributed by atoms with Crippen LogP contribution in [0.1, 0.15) is 40.0 Å². The van der Waals surface area contributed by atoms with Crippen LogP contribution in [-0.2, 0) is 7.05 Å². The Morgan fingerprint density at radius 1 is 0.981 bits per heavy atom. The van der Waals surface area contributed by atoms with Crippen molar-refractivity contribution in [2.45, 2.75) is 12.1 Å². The summed E-state index contributed by atoms with van der Waals surface area (Å²) in [6.07, 6.45) is 4.81. The predicted molar refractivity (Wildman–Crippen MR) is 209 cm³/mol. The van der Waals surface area contributed by atoms with E-state index in [1.165, 1.54) is 22.9 Å². The molecule has 4 aromatic carbocycles. The van der Waals surface area contributed by atoms with E-state index in [2.05, 4.69) is 66.3 Å². The molecule has 2 unspecified atom stereocenters. The summed E-state index contributed by atoms with van der Waals surface area (Å²) in [5.74, 6) is -0.0421. The molecule has 2 atom stereocenters. The summed E-state index contributed by atoms with van der Waals surface area (Å²) in [4.78, 5) is 32.5. The number of aromatic nitrogens is 3. The third-order valence-corrected chi connectivity index (χ3v) is 8.84. The van der Waals surface area contributed by atoms with Gasteiger partial charge in [-0.05, 0) is 42.1 Å². The molecule has 2 aliphatic rings. The van der Waals surface area contributed by atoms with Gasteiger partial charge in [-0.25, -0.2) is 9.59 Å². The number of rotatable bonds is 8. The highest BCUT2D eigenvalue weighted by atomic mass is 16.4. The summed E-state index contributed by atoms with van der Waals surface area (Å²) < 4.78 is 9.67. The van der Waals surface area contributed by atoms with Crippen LogP contribution in [0.3, 0.4) is 0 Å². The zero-order valence-electron chi connectivity index (χ0n) is 28.1. The molecule has 14 nitrogen and oxygen atoms in total. The zero-order chi connectivity index (χ0) is 36.2. The molecular formula is C38H44N10O4. The molecule has 14 heteroatoms. The predicted octanol–water partition coefficient (Wildman–Crippen LogP) is 7.20. The van der Waals surface area contributed by atoms with Gasteiger partial charge < -0.3 is 36.2 Å². The second-order valence-electron chi connectivity index (χ2n) is 12.1. The highest BCUT2D eigenvalue weighted by Gasteiger charge is 2.31. The number of hydrogen-bond acceptors (Lipinski definition) is 8. The van der Waals surface area contributed by atoms with Crippen molar-refractivity contribution >= 4 is 53.5 Å². The minimum atomic E-state index is -0.380. The van der Waals surface area contributed by atoms with E-state index in [4.69, 9.17) is 9.83 Å². The Morgan fingerprint density at radius 2 is 1.69 bits per heavy atom. The van der Waals surface area contributed by atoms with Crippen LogP contribution in [0.15, 0.2) is 113 Å². The van der Waals surface area contributed by atoms with Gasteiger partial charge in [-0.15, -0.1) is 0 Å². The van der Waals surface area contributed by atoms with Crippen LogP contribution < -0.4 is 26.6 Å². The van der Waals surface area contributed by atoms with Gasteiger partial charge in [-0.3, -0.25) is 19.7 Å². The van der Waals surface area contributed by atoms with Crippen molar-refractivity contribution < 1.29 is 24.8 Å². The first-order chi connectivity index (χ1) is 25.3. The van der Waals surface area contributed by atoms with E-state index in [0.717, 1.165) is 23.0 Å². The monoisotopic (exact) mass is 704 g/mol.